The lowest BCUT2D eigenvalue weighted by atomic mass is 10.3. The molecule has 0 aliphatic rings. The van der Waals surface area contributed by atoms with Gasteiger partial charge in [0.25, 0.3) is 0 Å². The van der Waals surface area contributed by atoms with Crippen LogP contribution in [0.3, 0.4) is 0 Å². The zero-order valence-corrected chi connectivity index (χ0v) is 10.4. The average Bonchev–Trinajstić information content (AvgIpc) is 2.30. The van der Waals surface area contributed by atoms with Gasteiger partial charge in [-0.2, -0.15) is 4.39 Å². The Bertz CT molecular complexity index is 534. The normalized spacial score (nSPS) is 10.5. The van der Waals surface area contributed by atoms with Crippen molar-refractivity contribution in [2.24, 2.45) is 0 Å². The Morgan fingerprint density at radius 1 is 1.35 bits per heavy atom. The fourth-order valence-electron chi connectivity index (χ4n) is 1.33. The predicted octanol–water partition coefficient (Wildman–Crippen LogP) is 3.75. The number of aromatic nitrogens is 1. The van der Waals surface area contributed by atoms with Crippen molar-refractivity contribution < 1.29 is 4.39 Å². The van der Waals surface area contributed by atoms with Crippen molar-refractivity contribution in [3.63, 3.8) is 0 Å². The number of halogens is 2. The van der Waals surface area contributed by atoms with Crippen molar-refractivity contribution in [2.75, 3.05) is 5.73 Å². The highest BCUT2D eigenvalue weighted by Crippen LogP contribution is 2.30. The summed E-state index contributed by atoms with van der Waals surface area (Å²) in [4.78, 5) is 4.48. The number of nitrogens with zero attached hydrogens (tertiary/aromatic N) is 1. The fraction of sp³-hybridized carbons (Fsp3) is 0.0833. The molecule has 0 spiro atoms. The Morgan fingerprint density at radius 2 is 2.18 bits per heavy atom. The van der Waals surface area contributed by atoms with Gasteiger partial charge in [0, 0.05) is 33.1 Å². The number of rotatable bonds is 3. The number of thioether (sulfide) groups is 1. The van der Waals surface area contributed by atoms with E-state index >= 15 is 0 Å². The number of pyridine rings is 1. The Balaban J connectivity index is 2.10. The highest BCUT2D eigenvalue weighted by atomic mass is 35.5. The Morgan fingerprint density at radius 3 is 2.88 bits per heavy atom. The second kappa shape index (κ2) is 5.38. The van der Waals surface area contributed by atoms with Crippen LogP contribution in [0.25, 0.3) is 0 Å². The highest BCUT2D eigenvalue weighted by molar-refractivity contribution is 7.98. The molecule has 1 aromatic heterocycles. The van der Waals surface area contributed by atoms with Gasteiger partial charge in [0.2, 0.25) is 5.95 Å². The molecule has 0 atom stereocenters. The van der Waals surface area contributed by atoms with E-state index in [1.165, 1.54) is 18.0 Å². The summed E-state index contributed by atoms with van der Waals surface area (Å²) in [6.45, 7) is 0. The number of anilines is 1. The monoisotopic (exact) mass is 268 g/mol. The molecule has 0 aliphatic carbocycles. The predicted molar refractivity (Wildman–Crippen MR) is 69.6 cm³/mol. The third-order valence-electron chi connectivity index (χ3n) is 2.19. The van der Waals surface area contributed by atoms with Crippen LogP contribution in [0.5, 0.6) is 0 Å². The molecular formula is C12H10ClFN2S. The molecule has 1 heterocycles. The summed E-state index contributed by atoms with van der Waals surface area (Å²) in [5, 5.41) is 0.597. The number of hydrogen-bond acceptors (Lipinski definition) is 3. The molecule has 0 unspecified atom stereocenters. The molecule has 2 aromatic rings. The van der Waals surface area contributed by atoms with Crippen LogP contribution in [0, 0.1) is 5.95 Å². The van der Waals surface area contributed by atoms with Gasteiger partial charge < -0.3 is 5.73 Å². The Hall–Kier alpha value is -1.26. The molecule has 88 valence electrons. The zero-order valence-electron chi connectivity index (χ0n) is 8.86. The SMILES string of the molecule is Nc1cc(Cl)ccc1SCc1cccnc1F. The standard InChI is InChI=1S/C12H10ClFN2S/c13-9-3-4-11(10(15)6-9)17-7-8-2-1-5-16-12(8)14/h1-6H,7,15H2. The van der Waals surface area contributed by atoms with Crippen molar-refractivity contribution in [3.8, 4) is 0 Å². The second-order valence-corrected chi connectivity index (χ2v) is 4.88. The molecule has 0 saturated carbocycles. The quantitative estimate of drug-likeness (QED) is 0.523. The molecule has 0 aliphatic heterocycles. The largest absolute Gasteiger partial charge is 0.398 e. The van der Waals surface area contributed by atoms with Crippen LogP contribution in [0.2, 0.25) is 5.02 Å². The minimum atomic E-state index is -0.437. The van der Waals surface area contributed by atoms with Gasteiger partial charge in [-0.1, -0.05) is 17.7 Å². The maximum atomic E-state index is 13.3. The first kappa shape index (κ1) is 12.2. The van der Waals surface area contributed by atoms with E-state index in [2.05, 4.69) is 4.98 Å². The summed E-state index contributed by atoms with van der Waals surface area (Å²) >= 11 is 7.26. The van der Waals surface area contributed by atoms with Crippen molar-refractivity contribution in [3.05, 3.63) is 53.1 Å². The van der Waals surface area contributed by atoms with Crippen molar-refractivity contribution >= 4 is 29.1 Å². The van der Waals surface area contributed by atoms with Crippen LogP contribution in [0.4, 0.5) is 10.1 Å². The van der Waals surface area contributed by atoms with Gasteiger partial charge in [0.05, 0.1) is 0 Å². The van der Waals surface area contributed by atoms with Gasteiger partial charge in [-0.3, -0.25) is 0 Å². The summed E-state index contributed by atoms with van der Waals surface area (Å²) in [5.74, 6) is 0.0541. The van der Waals surface area contributed by atoms with Gasteiger partial charge >= 0.3 is 0 Å². The first-order chi connectivity index (χ1) is 8.16. The molecule has 17 heavy (non-hydrogen) atoms. The first-order valence-electron chi connectivity index (χ1n) is 4.94. The summed E-state index contributed by atoms with van der Waals surface area (Å²) in [7, 11) is 0. The Labute approximate surface area is 108 Å². The molecule has 0 bridgehead atoms. The summed E-state index contributed by atoms with van der Waals surface area (Å²) in [5.41, 5.74) is 6.97. The van der Waals surface area contributed by atoms with E-state index in [0.29, 0.717) is 22.0 Å². The lowest BCUT2D eigenvalue weighted by molar-refractivity contribution is 0.573. The summed E-state index contributed by atoms with van der Waals surface area (Å²) in [6.07, 6.45) is 1.43. The molecular weight excluding hydrogens is 259 g/mol. The molecule has 0 radical (unpaired) electrons. The van der Waals surface area contributed by atoms with Crippen molar-refractivity contribution in [1.82, 2.24) is 4.98 Å². The zero-order chi connectivity index (χ0) is 12.3. The first-order valence-corrected chi connectivity index (χ1v) is 6.30. The van der Waals surface area contributed by atoms with Gasteiger partial charge in [0.15, 0.2) is 0 Å². The van der Waals surface area contributed by atoms with Gasteiger partial charge in [0.1, 0.15) is 0 Å². The van der Waals surface area contributed by atoms with E-state index < -0.39 is 5.95 Å². The topological polar surface area (TPSA) is 38.9 Å². The van der Waals surface area contributed by atoms with Crippen LogP contribution in [0.1, 0.15) is 5.56 Å². The number of hydrogen-bond donors (Lipinski definition) is 1. The van der Waals surface area contributed by atoms with E-state index in [1.807, 2.05) is 6.07 Å². The number of nitrogens with two attached hydrogens (primary N) is 1. The number of nitrogen functional groups attached to an aromatic ring is 1. The maximum Gasteiger partial charge on any atom is 0.216 e. The Kier molecular flexibility index (Phi) is 3.86. The molecule has 0 amide bonds. The van der Waals surface area contributed by atoms with Crippen LogP contribution < -0.4 is 5.73 Å². The van der Waals surface area contributed by atoms with Gasteiger partial charge in [-0.05, 0) is 24.3 Å². The van der Waals surface area contributed by atoms with E-state index in [4.69, 9.17) is 17.3 Å². The molecule has 1 aromatic carbocycles. The maximum absolute atomic E-state index is 13.3. The average molecular weight is 269 g/mol. The third kappa shape index (κ3) is 3.11. The molecule has 2 rings (SSSR count). The van der Waals surface area contributed by atoms with E-state index in [9.17, 15) is 4.39 Å². The number of benzene rings is 1. The van der Waals surface area contributed by atoms with E-state index in [-0.39, 0.29) is 0 Å². The second-order valence-electron chi connectivity index (χ2n) is 3.42. The van der Waals surface area contributed by atoms with Gasteiger partial charge in [-0.15, -0.1) is 11.8 Å². The van der Waals surface area contributed by atoms with Crippen LogP contribution in [-0.4, -0.2) is 4.98 Å². The molecule has 2 nitrogen and oxygen atoms in total. The van der Waals surface area contributed by atoms with Crippen LogP contribution in [-0.2, 0) is 5.75 Å². The van der Waals surface area contributed by atoms with E-state index in [1.54, 1.807) is 24.3 Å². The fourth-order valence-corrected chi connectivity index (χ4v) is 2.43. The van der Waals surface area contributed by atoms with Crippen molar-refractivity contribution in [2.45, 2.75) is 10.6 Å². The smallest absolute Gasteiger partial charge is 0.216 e. The van der Waals surface area contributed by atoms with E-state index in [0.717, 1.165) is 4.90 Å². The molecule has 0 saturated heterocycles. The van der Waals surface area contributed by atoms with Gasteiger partial charge in [-0.25, -0.2) is 4.98 Å². The minimum absolute atomic E-state index is 0.437. The lowest BCUT2D eigenvalue weighted by Crippen LogP contribution is -1.92. The van der Waals surface area contributed by atoms with Crippen LogP contribution in [0.15, 0.2) is 41.4 Å². The summed E-state index contributed by atoms with van der Waals surface area (Å²) in [6, 6.07) is 8.70. The van der Waals surface area contributed by atoms with Crippen molar-refractivity contribution in [1.29, 1.82) is 0 Å². The molecule has 2 N–H and O–H groups in total. The molecule has 0 fully saturated rings. The minimum Gasteiger partial charge on any atom is -0.398 e. The third-order valence-corrected chi connectivity index (χ3v) is 3.56. The van der Waals surface area contributed by atoms with Crippen LogP contribution >= 0.6 is 23.4 Å². The highest BCUT2D eigenvalue weighted by Gasteiger charge is 2.05. The summed E-state index contributed by atoms with van der Waals surface area (Å²) < 4.78 is 13.3. The lowest BCUT2D eigenvalue weighted by Gasteiger charge is -2.06. The molecule has 5 heteroatoms.